The van der Waals surface area contributed by atoms with Gasteiger partial charge in [-0.3, -0.25) is 9.59 Å². The van der Waals surface area contributed by atoms with E-state index < -0.39 is 11.9 Å². The topological polar surface area (TPSA) is 81.7 Å². The Morgan fingerprint density at radius 1 is 1.12 bits per heavy atom. The van der Waals surface area contributed by atoms with Crippen molar-refractivity contribution in [1.82, 2.24) is 0 Å². The number of aldehydes is 1. The molecule has 0 saturated carbocycles. The quantitative estimate of drug-likeness (QED) is 0.496. The average molecular weight is 341 g/mol. The van der Waals surface area contributed by atoms with Gasteiger partial charge in [-0.05, 0) is 32.0 Å². The van der Waals surface area contributed by atoms with Gasteiger partial charge in [-0.1, -0.05) is 30.3 Å². The molecule has 0 fully saturated rings. The number of para-hydroxylation sites is 1. The summed E-state index contributed by atoms with van der Waals surface area (Å²) in [6, 6.07) is 13.7. The van der Waals surface area contributed by atoms with E-state index >= 15 is 0 Å². The summed E-state index contributed by atoms with van der Waals surface area (Å²) in [6.45, 7) is 3.50. The first-order valence-corrected chi connectivity index (χ1v) is 7.77. The van der Waals surface area contributed by atoms with Crippen LogP contribution in [0.25, 0.3) is 0 Å². The van der Waals surface area contributed by atoms with E-state index in [2.05, 4.69) is 5.32 Å². The molecule has 0 aliphatic carbocycles. The van der Waals surface area contributed by atoms with Gasteiger partial charge in [0.2, 0.25) is 0 Å². The van der Waals surface area contributed by atoms with Crippen molar-refractivity contribution < 1.29 is 23.9 Å². The number of benzene rings is 2. The van der Waals surface area contributed by atoms with Crippen molar-refractivity contribution in [3.05, 3.63) is 59.7 Å². The van der Waals surface area contributed by atoms with Crippen LogP contribution < -0.4 is 10.1 Å². The Bertz CT molecular complexity index is 770. The minimum absolute atomic E-state index is 0.165. The molecule has 2 aromatic rings. The Morgan fingerprint density at radius 2 is 1.88 bits per heavy atom. The van der Waals surface area contributed by atoms with Crippen molar-refractivity contribution in [3.8, 4) is 5.75 Å². The van der Waals surface area contributed by atoms with Crippen LogP contribution in [0.5, 0.6) is 5.75 Å². The molecule has 0 bridgehead atoms. The highest BCUT2D eigenvalue weighted by atomic mass is 16.5. The summed E-state index contributed by atoms with van der Waals surface area (Å²) in [4.78, 5) is 34.3. The predicted molar refractivity (Wildman–Crippen MR) is 92.5 cm³/mol. The molecule has 0 heterocycles. The van der Waals surface area contributed by atoms with Crippen molar-refractivity contribution in [2.75, 3.05) is 5.32 Å². The summed E-state index contributed by atoms with van der Waals surface area (Å²) in [5.41, 5.74) is 1.65. The number of esters is 1. The summed E-state index contributed by atoms with van der Waals surface area (Å²) in [6.07, 6.45) is 0.364. The van der Waals surface area contributed by atoms with Gasteiger partial charge in [0.25, 0.3) is 0 Å². The van der Waals surface area contributed by atoms with Gasteiger partial charge in [0.15, 0.2) is 0 Å². The first-order valence-electron chi connectivity index (χ1n) is 7.77. The summed E-state index contributed by atoms with van der Waals surface area (Å²) < 4.78 is 10.5. The highest BCUT2D eigenvalue weighted by Gasteiger charge is 2.18. The summed E-state index contributed by atoms with van der Waals surface area (Å²) in [5, 5.41) is 2.52. The maximum atomic E-state index is 11.9. The predicted octanol–water partition coefficient (Wildman–Crippen LogP) is 2.97. The van der Waals surface area contributed by atoms with Crippen molar-refractivity contribution >= 4 is 23.9 Å². The molecule has 0 spiro atoms. The highest BCUT2D eigenvalue weighted by Crippen LogP contribution is 2.19. The van der Waals surface area contributed by atoms with E-state index in [9.17, 15) is 14.4 Å². The van der Waals surface area contributed by atoms with Crippen LogP contribution in [0.15, 0.2) is 48.5 Å². The Kier molecular flexibility index (Phi) is 6.28. The number of rotatable bonds is 6. The summed E-state index contributed by atoms with van der Waals surface area (Å²) >= 11 is 0. The van der Waals surface area contributed by atoms with Crippen molar-refractivity contribution in [1.29, 1.82) is 0 Å². The van der Waals surface area contributed by atoms with Crippen LogP contribution in [0.3, 0.4) is 0 Å². The second kappa shape index (κ2) is 8.63. The van der Waals surface area contributed by atoms with Gasteiger partial charge >= 0.3 is 11.9 Å². The zero-order valence-corrected chi connectivity index (χ0v) is 14.0. The third-order valence-electron chi connectivity index (χ3n) is 3.18. The lowest BCUT2D eigenvalue weighted by Crippen LogP contribution is -2.27. The van der Waals surface area contributed by atoms with E-state index in [1.165, 1.54) is 0 Å². The molecule has 0 aliphatic rings. The number of carbonyl (C=O) groups is 3. The lowest BCUT2D eigenvalue weighted by atomic mass is 10.2. The van der Waals surface area contributed by atoms with Gasteiger partial charge < -0.3 is 14.8 Å². The fraction of sp³-hybridized carbons (Fsp3) is 0.211. The van der Waals surface area contributed by atoms with Gasteiger partial charge in [-0.25, -0.2) is 4.79 Å². The van der Waals surface area contributed by atoms with Crippen LogP contribution in [-0.2, 0) is 20.9 Å². The second-order valence-electron chi connectivity index (χ2n) is 5.54. The van der Waals surface area contributed by atoms with E-state index in [-0.39, 0.29) is 12.7 Å². The highest BCUT2D eigenvalue weighted by molar-refractivity contribution is 6.37. The van der Waals surface area contributed by atoms with Crippen molar-refractivity contribution in [2.24, 2.45) is 0 Å². The zero-order chi connectivity index (χ0) is 18.2. The molecule has 6 heteroatoms. The van der Waals surface area contributed by atoms with Gasteiger partial charge in [-0.2, -0.15) is 0 Å². The lowest BCUT2D eigenvalue weighted by molar-refractivity contribution is -0.155. The number of ether oxygens (including phenoxy) is 2. The Hall–Kier alpha value is -3.15. The normalized spacial score (nSPS) is 10.2. The average Bonchev–Trinajstić information content (AvgIpc) is 2.60. The molecule has 2 aromatic carbocycles. The maximum Gasteiger partial charge on any atom is 0.397 e. The number of hydrogen-bond acceptors (Lipinski definition) is 5. The van der Waals surface area contributed by atoms with Gasteiger partial charge in [-0.15, -0.1) is 0 Å². The van der Waals surface area contributed by atoms with Gasteiger partial charge in [0, 0.05) is 16.8 Å². The maximum absolute atomic E-state index is 11.9. The standard InChI is InChI=1S/C19H19NO5/c1-13(2)25-19(23)18(22)20-17-9-4-3-7-15(17)12-24-16-8-5-6-14(10-16)11-21/h3-11,13H,12H2,1-2H3,(H,20,22). The van der Waals surface area contributed by atoms with Crippen LogP contribution in [0.4, 0.5) is 5.69 Å². The smallest absolute Gasteiger partial charge is 0.397 e. The molecule has 0 unspecified atom stereocenters. The molecular weight excluding hydrogens is 322 g/mol. The van der Waals surface area contributed by atoms with Gasteiger partial charge in [0.05, 0.1) is 6.10 Å². The number of carbonyl (C=O) groups excluding carboxylic acids is 3. The molecule has 0 aliphatic heterocycles. The molecule has 6 nitrogen and oxygen atoms in total. The minimum atomic E-state index is -0.940. The van der Waals surface area contributed by atoms with Crippen LogP contribution in [0.1, 0.15) is 29.8 Å². The molecule has 0 saturated heterocycles. The number of anilines is 1. The SMILES string of the molecule is CC(C)OC(=O)C(=O)Nc1ccccc1COc1cccc(C=O)c1. The van der Waals surface area contributed by atoms with E-state index in [1.54, 1.807) is 62.4 Å². The van der Waals surface area contributed by atoms with Crippen LogP contribution in [0.2, 0.25) is 0 Å². The summed E-state index contributed by atoms with van der Waals surface area (Å²) in [7, 11) is 0. The molecule has 130 valence electrons. The van der Waals surface area contributed by atoms with Crippen LogP contribution in [-0.4, -0.2) is 24.3 Å². The number of amides is 1. The Morgan fingerprint density at radius 3 is 2.60 bits per heavy atom. The Labute approximate surface area is 145 Å². The zero-order valence-electron chi connectivity index (χ0n) is 14.0. The molecule has 0 aromatic heterocycles. The fourth-order valence-corrected chi connectivity index (χ4v) is 2.05. The lowest BCUT2D eigenvalue weighted by Gasteiger charge is -2.13. The third-order valence-corrected chi connectivity index (χ3v) is 3.18. The molecule has 0 atom stereocenters. The second-order valence-corrected chi connectivity index (χ2v) is 5.54. The molecule has 1 N–H and O–H groups in total. The van der Waals surface area contributed by atoms with E-state index in [1.807, 2.05) is 0 Å². The minimum Gasteiger partial charge on any atom is -0.489 e. The number of nitrogens with one attached hydrogen (secondary N) is 1. The number of hydrogen-bond donors (Lipinski definition) is 1. The Balaban J connectivity index is 2.06. The molecule has 1 amide bonds. The van der Waals surface area contributed by atoms with E-state index in [0.717, 1.165) is 6.29 Å². The fourth-order valence-electron chi connectivity index (χ4n) is 2.05. The molecule has 2 rings (SSSR count). The van der Waals surface area contributed by atoms with Crippen molar-refractivity contribution in [2.45, 2.75) is 26.6 Å². The largest absolute Gasteiger partial charge is 0.489 e. The summed E-state index contributed by atoms with van der Waals surface area (Å²) in [5.74, 6) is -1.25. The molecule has 25 heavy (non-hydrogen) atoms. The van der Waals surface area contributed by atoms with Crippen LogP contribution in [0, 0.1) is 0 Å². The van der Waals surface area contributed by atoms with Gasteiger partial charge in [0.1, 0.15) is 18.6 Å². The molecular formula is C19H19NO5. The van der Waals surface area contributed by atoms with E-state index in [4.69, 9.17) is 9.47 Å². The third kappa shape index (κ3) is 5.46. The monoisotopic (exact) mass is 341 g/mol. The van der Waals surface area contributed by atoms with Crippen molar-refractivity contribution in [3.63, 3.8) is 0 Å². The molecule has 0 radical (unpaired) electrons. The van der Waals surface area contributed by atoms with Crippen LogP contribution >= 0.6 is 0 Å². The first kappa shape index (κ1) is 18.2. The first-order chi connectivity index (χ1) is 12.0. The van der Waals surface area contributed by atoms with E-state index in [0.29, 0.717) is 22.6 Å².